The first-order valence-corrected chi connectivity index (χ1v) is 25.5. The van der Waals surface area contributed by atoms with Crippen molar-refractivity contribution in [3.05, 3.63) is 131 Å². The summed E-state index contributed by atoms with van der Waals surface area (Å²) in [4.78, 5) is 0. The fourth-order valence-electron chi connectivity index (χ4n) is 7.56. The summed E-state index contributed by atoms with van der Waals surface area (Å²) in [6.07, 6.45) is 10.6. The molecule has 0 amide bonds. The Hall–Kier alpha value is -2.80. The Morgan fingerprint density at radius 2 is 1.24 bits per heavy atom. The maximum atomic E-state index is 2.40. The molecule has 1 aliphatic rings. The van der Waals surface area contributed by atoms with Crippen LogP contribution in [0.25, 0.3) is 43.8 Å². The second-order valence-electron chi connectivity index (χ2n) is 15.0. The van der Waals surface area contributed by atoms with Crippen molar-refractivity contribution in [1.82, 2.24) is 0 Å². The fraction of sp³-hybridized carbons (Fsp3) is 0.375. The van der Waals surface area contributed by atoms with Crippen LogP contribution >= 0.6 is 0 Å². The number of hydrogen-bond acceptors (Lipinski definition) is 0. The molecule has 6 aromatic rings. The quantitative estimate of drug-likeness (QED) is 0.107. The van der Waals surface area contributed by atoms with Crippen LogP contribution in [0.1, 0.15) is 120 Å². The van der Waals surface area contributed by atoms with Gasteiger partial charge in [-0.1, -0.05) is 132 Å². The Morgan fingerprint density at radius 3 is 1.78 bits per heavy atom. The van der Waals surface area contributed by atoms with Gasteiger partial charge in [0, 0.05) is 0 Å². The van der Waals surface area contributed by atoms with Gasteiger partial charge in [0.15, 0.2) is 0 Å². The first kappa shape index (κ1) is 38.4. The van der Waals surface area contributed by atoms with Crippen molar-refractivity contribution in [2.24, 2.45) is 0 Å². The first-order chi connectivity index (χ1) is 24.2. The molecule has 1 aliphatic carbocycles. The van der Waals surface area contributed by atoms with Gasteiger partial charge in [-0.3, -0.25) is 0 Å². The minimum absolute atomic E-state index is 0.210. The van der Waals surface area contributed by atoms with E-state index in [1.165, 1.54) is 111 Å². The minimum atomic E-state index is 0.210. The van der Waals surface area contributed by atoms with Crippen molar-refractivity contribution in [2.45, 2.75) is 117 Å². The van der Waals surface area contributed by atoms with Crippen molar-refractivity contribution in [1.29, 1.82) is 0 Å². The molecule has 1 unspecified atom stereocenters. The zero-order valence-corrected chi connectivity index (χ0v) is 35.2. The summed E-state index contributed by atoms with van der Waals surface area (Å²) in [5.74, 6) is 2.02. The first-order valence-electron chi connectivity index (χ1n) is 19.3. The van der Waals surface area contributed by atoms with Crippen LogP contribution in [0.2, 0.25) is 13.1 Å². The van der Waals surface area contributed by atoms with E-state index >= 15 is 0 Å². The van der Waals surface area contributed by atoms with Crippen molar-refractivity contribution in [3.8, 4) is 22.3 Å². The number of rotatable bonds is 8. The number of aryl methyl sites for hydroxylation is 1. The summed E-state index contributed by atoms with van der Waals surface area (Å²) < 4.78 is 0. The van der Waals surface area contributed by atoms with Gasteiger partial charge in [-0.25, -0.2) is 0 Å². The molecule has 258 valence electrons. The van der Waals surface area contributed by atoms with Gasteiger partial charge in [-0.15, -0.1) is 69.1 Å². The molecule has 7 rings (SSSR count). The second kappa shape index (κ2) is 18.6. The number of benzene rings is 4. The fourth-order valence-corrected chi connectivity index (χ4v) is 7.56. The molecule has 6 aromatic carbocycles. The van der Waals surface area contributed by atoms with E-state index in [-0.39, 0.29) is 5.43 Å². The van der Waals surface area contributed by atoms with E-state index in [4.69, 9.17) is 0 Å². The average molecular weight is 754 g/mol. The number of hydrogen-bond donors (Lipinski definition) is 0. The molecule has 0 saturated heterocycles. The maximum absolute atomic E-state index is 2.40. The van der Waals surface area contributed by atoms with Gasteiger partial charge in [-0.2, -0.15) is 12.1 Å². The van der Waals surface area contributed by atoms with E-state index in [9.17, 15) is 0 Å². The van der Waals surface area contributed by atoms with Crippen LogP contribution in [-0.2, 0) is 29.8 Å². The van der Waals surface area contributed by atoms with Crippen molar-refractivity contribution in [3.63, 3.8) is 0 Å². The van der Waals surface area contributed by atoms with Crippen molar-refractivity contribution >= 4 is 27.0 Å². The van der Waals surface area contributed by atoms with Crippen LogP contribution in [0.15, 0.2) is 109 Å². The molecule has 0 aliphatic heterocycles. The Bertz CT molecular complexity index is 1940. The van der Waals surface area contributed by atoms with Crippen molar-refractivity contribution in [2.75, 3.05) is 0 Å². The predicted octanol–water partition coefficient (Wildman–Crippen LogP) is 14.9. The summed E-state index contributed by atoms with van der Waals surface area (Å²) >= 11 is 1.74. The van der Waals surface area contributed by atoms with E-state index in [0.717, 1.165) is 12.3 Å². The molecule has 0 N–H and O–H groups in total. The van der Waals surface area contributed by atoms with Crippen LogP contribution in [-0.4, -0.2) is 5.43 Å². The zero-order valence-electron chi connectivity index (χ0n) is 31.8. The molecule has 0 heterocycles. The van der Waals surface area contributed by atoms with Gasteiger partial charge in [0.2, 0.25) is 0 Å². The van der Waals surface area contributed by atoms with Crippen LogP contribution in [0, 0.1) is 0 Å². The summed E-state index contributed by atoms with van der Waals surface area (Å²) in [6, 6.07) is 41.3. The van der Waals surface area contributed by atoms with Crippen LogP contribution in [0.5, 0.6) is 0 Å². The molecule has 2 heteroatoms. The van der Waals surface area contributed by atoms with E-state index in [1.54, 1.807) is 23.3 Å². The molecule has 1 atom stereocenters. The molecule has 1 saturated carbocycles. The third kappa shape index (κ3) is 9.95. The molecule has 0 nitrogen and oxygen atoms in total. The molecule has 50 heavy (non-hydrogen) atoms. The SMILES string of the molecule is CCCC(C)c1cc2c(-c3ccc(C(C)C)cc3)cccc2[cH-]1.CCc1cc2c(-c3ccc(C4CCCCC4)cc3)cccc2[cH-]1.C[Si](C)=[Zr+2]. The van der Waals surface area contributed by atoms with E-state index < -0.39 is 0 Å². The van der Waals surface area contributed by atoms with Gasteiger partial charge in [0.05, 0.1) is 0 Å². The topological polar surface area (TPSA) is 0 Å². The Morgan fingerprint density at radius 1 is 0.700 bits per heavy atom. The summed E-state index contributed by atoms with van der Waals surface area (Å²) in [5, 5.41) is 5.53. The monoisotopic (exact) mass is 752 g/mol. The van der Waals surface area contributed by atoms with Crippen LogP contribution in [0.3, 0.4) is 0 Å². The second-order valence-corrected chi connectivity index (χ2v) is 24.4. The summed E-state index contributed by atoms with van der Waals surface area (Å²) in [5.41, 5.74) is 11.5. The molecule has 0 aromatic heterocycles. The Kier molecular flexibility index (Phi) is 14.3. The third-order valence-corrected chi connectivity index (χ3v) is 10.5. The molecule has 1 fully saturated rings. The Balaban J connectivity index is 0.000000176. The van der Waals surface area contributed by atoms with E-state index in [0.29, 0.717) is 11.8 Å². The molecule has 0 radical (unpaired) electrons. The van der Waals surface area contributed by atoms with Crippen LogP contribution < -0.4 is 0 Å². The average Bonchev–Trinajstić information content (AvgIpc) is 3.77. The van der Waals surface area contributed by atoms with Gasteiger partial charge >= 0.3 is 41.9 Å². The van der Waals surface area contributed by atoms with Crippen molar-refractivity contribution < 1.29 is 23.3 Å². The predicted molar refractivity (Wildman–Crippen MR) is 220 cm³/mol. The Labute approximate surface area is 318 Å². The summed E-state index contributed by atoms with van der Waals surface area (Å²) in [6.45, 7) is 15.9. The van der Waals surface area contributed by atoms with Gasteiger partial charge in [0.1, 0.15) is 0 Å². The normalized spacial score (nSPS) is 13.9. The zero-order chi connectivity index (χ0) is 35.6. The molecule has 0 spiro atoms. The molecular formula is C48H58SiZr. The standard InChI is InChI=1S/C23H25.C23H27.C2H6Si.Zr/c1-2-17-15-21-9-6-10-22(23(21)16-17)20-13-11-19(12-14-20)18-7-4-3-5-8-18;1-5-7-17(4)21-14-20-8-6-9-22(23(20)15-21)19-12-10-18(11-13-19)16(2)3;1-3-2;/h6,9-16,18H,2-5,7-8H2,1H3;6,8-17H,5,7H2,1-4H3;1-2H3;/q2*-1;;+2. The molecule has 0 bridgehead atoms. The van der Waals surface area contributed by atoms with Gasteiger partial charge < -0.3 is 0 Å². The summed E-state index contributed by atoms with van der Waals surface area (Å²) in [7, 11) is 0. The van der Waals surface area contributed by atoms with E-state index in [1.807, 2.05) is 0 Å². The van der Waals surface area contributed by atoms with Gasteiger partial charge in [0.25, 0.3) is 0 Å². The third-order valence-electron chi connectivity index (χ3n) is 10.5. The molecular weight excluding hydrogens is 696 g/mol. The van der Waals surface area contributed by atoms with Crippen LogP contribution in [0.4, 0.5) is 0 Å². The van der Waals surface area contributed by atoms with Gasteiger partial charge in [-0.05, 0) is 65.7 Å². The van der Waals surface area contributed by atoms with E-state index in [2.05, 4.69) is 157 Å². The number of fused-ring (bicyclic) bond motifs is 2.